The molecular weight excluding hydrogens is 347 g/mol. The Labute approximate surface area is 145 Å². The van der Waals surface area contributed by atoms with Crippen LogP contribution in [0, 0.1) is 5.92 Å². The molecule has 0 saturated carbocycles. The molecule has 1 aliphatic heterocycles. The molecule has 0 radical (unpaired) electrons. The Kier molecular flexibility index (Phi) is 4.87. The Hall–Kier alpha value is -2.26. The number of halogens is 1. The summed E-state index contributed by atoms with van der Waals surface area (Å²) in [6.07, 6.45) is 4.73. The highest BCUT2D eigenvalue weighted by atomic mass is 32.2. The Bertz CT molecular complexity index is 950. The van der Waals surface area contributed by atoms with Gasteiger partial charge in [-0.3, -0.25) is 9.71 Å². The minimum Gasteiger partial charge on any atom is -0.395 e. The van der Waals surface area contributed by atoms with E-state index in [1.54, 1.807) is 24.4 Å². The summed E-state index contributed by atoms with van der Waals surface area (Å²) in [5, 5.41) is 9.34. The number of rotatable bonds is 6. The summed E-state index contributed by atoms with van der Waals surface area (Å²) < 4.78 is 40.5. The lowest BCUT2D eigenvalue weighted by atomic mass is 10.0. The number of aromatic nitrogens is 2. The third kappa shape index (κ3) is 4.23. The van der Waals surface area contributed by atoms with Crippen LogP contribution in [0.1, 0.15) is 12.2 Å². The van der Waals surface area contributed by atoms with Gasteiger partial charge in [0.05, 0.1) is 35.8 Å². The van der Waals surface area contributed by atoms with Crippen LogP contribution in [0.3, 0.4) is 0 Å². The lowest BCUT2D eigenvalue weighted by Crippen LogP contribution is -2.14. The maximum Gasteiger partial charge on any atom is 0.229 e. The zero-order chi connectivity index (χ0) is 18.0. The van der Waals surface area contributed by atoms with E-state index in [1.807, 2.05) is 4.57 Å². The van der Waals surface area contributed by atoms with Crippen molar-refractivity contribution in [2.75, 3.05) is 17.6 Å². The molecule has 0 bridgehead atoms. The number of nitrogens with one attached hydrogen (secondary N) is 1. The normalized spacial score (nSPS) is 17.7. The van der Waals surface area contributed by atoms with E-state index < -0.39 is 10.0 Å². The first kappa shape index (κ1) is 17.6. The van der Waals surface area contributed by atoms with Gasteiger partial charge in [0.15, 0.2) is 0 Å². The highest BCUT2D eigenvalue weighted by Gasteiger charge is 2.18. The van der Waals surface area contributed by atoms with E-state index in [2.05, 4.69) is 14.7 Å². The molecule has 3 rings (SSSR count). The second-order valence-corrected chi connectivity index (χ2v) is 7.77. The highest BCUT2D eigenvalue weighted by Crippen LogP contribution is 2.25. The minimum atomic E-state index is -3.38. The second kappa shape index (κ2) is 6.93. The van der Waals surface area contributed by atoms with Gasteiger partial charge >= 0.3 is 0 Å². The average Bonchev–Trinajstić information content (AvgIpc) is 2.83. The van der Waals surface area contributed by atoms with Crippen molar-refractivity contribution in [3.8, 4) is 0 Å². The molecule has 2 aromatic rings. The molecule has 25 heavy (non-hydrogen) atoms. The number of imidazole rings is 1. The molecule has 1 aromatic heterocycles. The number of benzene rings is 1. The molecule has 2 heterocycles. The van der Waals surface area contributed by atoms with Gasteiger partial charge in [0.25, 0.3) is 0 Å². The zero-order valence-corrected chi connectivity index (χ0v) is 14.5. The van der Waals surface area contributed by atoms with Crippen LogP contribution in [0.25, 0.3) is 11.0 Å². The number of sulfonamides is 1. The van der Waals surface area contributed by atoms with E-state index in [0.717, 1.165) is 11.8 Å². The lowest BCUT2D eigenvalue weighted by Gasteiger charge is -2.14. The first-order chi connectivity index (χ1) is 11.9. The number of allylic oxidation sites excluding steroid dienone is 1. The van der Waals surface area contributed by atoms with Gasteiger partial charge in [-0.2, -0.15) is 0 Å². The van der Waals surface area contributed by atoms with Gasteiger partial charge in [-0.05, 0) is 18.2 Å². The quantitative estimate of drug-likeness (QED) is 0.815. The number of nitrogens with zero attached hydrogens (tertiary/aromatic N) is 3. The molecule has 2 N–H and O–H groups in total. The SMILES string of the molecule is CS(=O)(=O)Nc1ccc2c(c1)nc(CC1C=NC=C(F)C1)n2CCO. The van der Waals surface area contributed by atoms with E-state index in [4.69, 9.17) is 0 Å². The fourth-order valence-electron chi connectivity index (χ4n) is 2.92. The molecule has 7 nitrogen and oxygen atoms in total. The van der Waals surface area contributed by atoms with Crippen molar-refractivity contribution >= 4 is 33.0 Å². The Morgan fingerprint density at radius 1 is 1.44 bits per heavy atom. The summed E-state index contributed by atoms with van der Waals surface area (Å²) in [6.45, 7) is 0.293. The van der Waals surface area contributed by atoms with Crippen molar-refractivity contribution in [3.63, 3.8) is 0 Å². The summed E-state index contributed by atoms with van der Waals surface area (Å²) in [5.74, 6) is 0.330. The standard InChI is InChI=1S/C16H19FN4O3S/c1-25(23,24)20-13-2-3-15-14(8-13)19-16(21(15)4-5-22)7-11-6-12(17)10-18-9-11/h2-3,8-11,20,22H,4-7H2,1H3. The van der Waals surface area contributed by atoms with Gasteiger partial charge < -0.3 is 9.67 Å². The number of aliphatic hydroxyl groups is 1. The fraction of sp³-hybridized carbons (Fsp3) is 0.375. The smallest absolute Gasteiger partial charge is 0.229 e. The van der Waals surface area contributed by atoms with E-state index >= 15 is 0 Å². The molecule has 1 unspecified atom stereocenters. The molecule has 9 heteroatoms. The predicted octanol–water partition coefficient (Wildman–Crippen LogP) is 1.84. The van der Waals surface area contributed by atoms with Gasteiger partial charge in [-0.25, -0.2) is 17.8 Å². The highest BCUT2D eigenvalue weighted by molar-refractivity contribution is 7.92. The number of aliphatic hydroxyl groups excluding tert-OH is 1. The summed E-state index contributed by atoms with van der Waals surface area (Å²) in [5.41, 5.74) is 1.82. The molecular formula is C16H19FN4O3S. The average molecular weight is 366 g/mol. The maximum absolute atomic E-state index is 13.4. The fourth-order valence-corrected chi connectivity index (χ4v) is 3.48. The van der Waals surface area contributed by atoms with Crippen LogP contribution in [0.2, 0.25) is 0 Å². The Morgan fingerprint density at radius 2 is 2.24 bits per heavy atom. The largest absolute Gasteiger partial charge is 0.395 e. The van der Waals surface area contributed by atoms with E-state index in [1.165, 1.54) is 6.20 Å². The van der Waals surface area contributed by atoms with Crippen molar-refractivity contribution in [1.29, 1.82) is 0 Å². The van der Waals surface area contributed by atoms with Gasteiger partial charge in [0.1, 0.15) is 11.7 Å². The van der Waals surface area contributed by atoms with Gasteiger partial charge in [0, 0.05) is 31.5 Å². The van der Waals surface area contributed by atoms with Crippen molar-refractivity contribution in [2.24, 2.45) is 10.9 Å². The van der Waals surface area contributed by atoms with E-state index in [9.17, 15) is 17.9 Å². The number of fused-ring (bicyclic) bond motifs is 1. The topological polar surface area (TPSA) is 96.6 Å². The molecule has 134 valence electrons. The van der Waals surface area contributed by atoms with Crippen molar-refractivity contribution in [3.05, 3.63) is 36.1 Å². The summed E-state index contributed by atoms with van der Waals surface area (Å²) in [4.78, 5) is 8.45. The maximum atomic E-state index is 13.4. The van der Waals surface area contributed by atoms with Crippen molar-refractivity contribution < 1.29 is 17.9 Å². The van der Waals surface area contributed by atoms with Crippen molar-refractivity contribution in [1.82, 2.24) is 9.55 Å². The zero-order valence-electron chi connectivity index (χ0n) is 13.7. The molecule has 0 amide bonds. The number of aliphatic imine (C=N–C) groups is 1. The van der Waals surface area contributed by atoms with Crippen LogP contribution in [-0.4, -0.2) is 42.2 Å². The second-order valence-electron chi connectivity index (χ2n) is 6.02. The van der Waals surface area contributed by atoms with Gasteiger partial charge in [-0.1, -0.05) is 0 Å². The molecule has 0 spiro atoms. The molecule has 1 atom stereocenters. The number of hydrogen-bond donors (Lipinski definition) is 2. The van der Waals surface area contributed by atoms with Gasteiger partial charge in [0.2, 0.25) is 10.0 Å². The van der Waals surface area contributed by atoms with Crippen LogP contribution < -0.4 is 4.72 Å². The molecule has 0 aliphatic carbocycles. The predicted molar refractivity (Wildman–Crippen MR) is 94.8 cm³/mol. The van der Waals surface area contributed by atoms with Crippen LogP contribution in [0.5, 0.6) is 0 Å². The third-order valence-electron chi connectivity index (χ3n) is 3.87. The van der Waals surface area contributed by atoms with Crippen LogP contribution in [0.15, 0.2) is 35.2 Å². The van der Waals surface area contributed by atoms with E-state index in [0.29, 0.717) is 30.0 Å². The number of anilines is 1. The first-order valence-corrected chi connectivity index (χ1v) is 9.70. The lowest BCUT2D eigenvalue weighted by molar-refractivity contribution is 0.275. The summed E-state index contributed by atoms with van der Waals surface area (Å²) >= 11 is 0. The minimum absolute atomic E-state index is 0.0607. The van der Waals surface area contributed by atoms with Crippen LogP contribution in [0.4, 0.5) is 10.1 Å². The van der Waals surface area contributed by atoms with Crippen molar-refractivity contribution in [2.45, 2.75) is 19.4 Å². The molecule has 1 aliphatic rings. The summed E-state index contributed by atoms with van der Waals surface area (Å²) in [7, 11) is -3.38. The summed E-state index contributed by atoms with van der Waals surface area (Å²) in [6, 6.07) is 5.04. The van der Waals surface area contributed by atoms with Crippen LogP contribution in [-0.2, 0) is 23.0 Å². The van der Waals surface area contributed by atoms with Gasteiger partial charge in [-0.15, -0.1) is 0 Å². The molecule has 0 saturated heterocycles. The number of hydrogen-bond acceptors (Lipinski definition) is 5. The first-order valence-electron chi connectivity index (χ1n) is 7.81. The van der Waals surface area contributed by atoms with Crippen LogP contribution >= 0.6 is 0 Å². The Balaban J connectivity index is 1.95. The molecule has 1 aromatic carbocycles. The molecule has 0 fully saturated rings. The monoisotopic (exact) mass is 366 g/mol. The third-order valence-corrected chi connectivity index (χ3v) is 4.47. The van der Waals surface area contributed by atoms with E-state index in [-0.39, 0.29) is 24.8 Å². The Morgan fingerprint density at radius 3 is 2.92 bits per heavy atom.